The number of halogens is 2. The molecule has 0 saturated heterocycles. The van der Waals surface area contributed by atoms with Crippen LogP contribution in [0.4, 0.5) is 8.78 Å². The highest BCUT2D eigenvalue weighted by molar-refractivity contribution is 7.79. The third-order valence-electron chi connectivity index (χ3n) is 2.36. The summed E-state index contributed by atoms with van der Waals surface area (Å²) in [6.07, 6.45) is 3.59. The van der Waals surface area contributed by atoms with Crippen LogP contribution in [0, 0.1) is 5.82 Å². The van der Waals surface area contributed by atoms with Crippen molar-refractivity contribution in [2.45, 2.75) is 11.9 Å². The Balaban J connectivity index is 2.53. The molecule has 0 heterocycles. The average Bonchev–Trinajstić information content (AvgIpc) is 2.66. The molecular formula is C10H7F2O2S-. The van der Waals surface area contributed by atoms with Gasteiger partial charge in [0.05, 0.1) is 0 Å². The number of alkyl halides is 1. The molecule has 0 radical (unpaired) electrons. The first-order chi connectivity index (χ1) is 7.11. The van der Waals surface area contributed by atoms with Crippen molar-refractivity contribution in [2.75, 3.05) is 0 Å². The third-order valence-corrected chi connectivity index (χ3v) is 2.95. The lowest BCUT2D eigenvalue weighted by atomic mass is 10.0. The first kappa shape index (κ1) is 10.4. The standard InChI is InChI=1S/C10H8F2O2S/c11-9-5-4-8(10(12)15(13)14)6-2-1-3-7(6)9/h1,3-5,10H,2H2,(H,13,14)/p-1. The highest BCUT2D eigenvalue weighted by atomic mass is 32.2. The van der Waals surface area contributed by atoms with Crippen LogP contribution in [0.5, 0.6) is 0 Å². The van der Waals surface area contributed by atoms with Crippen molar-refractivity contribution in [1.29, 1.82) is 0 Å². The second kappa shape index (κ2) is 3.83. The molecule has 0 bridgehead atoms. The highest BCUT2D eigenvalue weighted by Gasteiger charge is 2.20. The SMILES string of the molecule is O=S([O-])C(F)c1ccc(F)c2c1CC=C2. The van der Waals surface area contributed by atoms with Gasteiger partial charge in [-0.25, -0.2) is 8.78 Å². The Morgan fingerprint density at radius 2 is 2.20 bits per heavy atom. The van der Waals surface area contributed by atoms with Crippen LogP contribution in [-0.2, 0) is 17.5 Å². The summed E-state index contributed by atoms with van der Waals surface area (Å²) in [5.74, 6) is -0.452. The molecular weight excluding hydrogens is 222 g/mol. The number of rotatable bonds is 2. The van der Waals surface area contributed by atoms with Crippen LogP contribution in [0.3, 0.4) is 0 Å². The van der Waals surface area contributed by atoms with Crippen LogP contribution in [-0.4, -0.2) is 8.76 Å². The van der Waals surface area contributed by atoms with Crippen LogP contribution >= 0.6 is 0 Å². The number of benzene rings is 1. The fraction of sp³-hybridized carbons (Fsp3) is 0.200. The van der Waals surface area contributed by atoms with Crippen molar-refractivity contribution in [1.82, 2.24) is 0 Å². The smallest absolute Gasteiger partial charge is 0.187 e. The van der Waals surface area contributed by atoms with Crippen molar-refractivity contribution < 1.29 is 17.5 Å². The van der Waals surface area contributed by atoms with Crippen LogP contribution in [0.2, 0.25) is 0 Å². The van der Waals surface area contributed by atoms with Gasteiger partial charge in [-0.3, -0.25) is 4.21 Å². The lowest BCUT2D eigenvalue weighted by molar-refractivity contribution is 0.410. The zero-order valence-electron chi connectivity index (χ0n) is 7.57. The molecule has 2 unspecified atom stereocenters. The van der Waals surface area contributed by atoms with Gasteiger partial charge in [-0.05, 0) is 29.1 Å². The minimum Gasteiger partial charge on any atom is -0.770 e. The molecule has 1 aromatic rings. The molecule has 0 amide bonds. The van der Waals surface area contributed by atoms with Crippen LogP contribution in [0.25, 0.3) is 6.08 Å². The summed E-state index contributed by atoms with van der Waals surface area (Å²) in [6.45, 7) is 0. The molecule has 0 spiro atoms. The molecule has 1 aliphatic rings. The molecule has 0 fully saturated rings. The van der Waals surface area contributed by atoms with Gasteiger partial charge in [-0.1, -0.05) is 18.2 Å². The summed E-state index contributed by atoms with van der Waals surface area (Å²) in [5.41, 5.74) is -1.34. The summed E-state index contributed by atoms with van der Waals surface area (Å²) in [4.78, 5) is 0. The molecule has 0 aromatic heterocycles. The van der Waals surface area contributed by atoms with Crippen molar-refractivity contribution >= 4 is 17.2 Å². The van der Waals surface area contributed by atoms with E-state index in [-0.39, 0.29) is 5.56 Å². The molecule has 2 atom stereocenters. The van der Waals surface area contributed by atoms with Crippen molar-refractivity contribution in [2.24, 2.45) is 0 Å². The maximum absolute atomic E-state index is 13.3. The zero-order valence-corrected chi connectivity index (χ0v) is 8.39. The van der Waals surface area contributed by atoms with Crippen LogP contribution in [0.15, 0.2) is 18.2 Å². The van der Waals surface area contributed by atoms with E-state index in [4.69, 9.17) is 0 Å². The molecule has 15 heavy (non-hydrogen) atoms. The summed E-state index contributed by atoms with van der Waals surface area (Å²) in [5, 5.41) is 0. The molecule has 2 rings (SSSR count). The van der Waals surface area contributed by atoms with E-state index < -0.39 is 22.4 Å². The Hall–Kier alpha value is -1.07. The van der Waals surface area contributed by atoms with E-state index in [9.17, 15) is 17.5 Å². The van der Waals surface area contributed by atoms with Gasteiger partial charge >= 0.3 is 0 Å². The summed E-state index contributed by atoms with van der Waals surface area (Å²) in [7, 11) is 0. The number of hydrogen-bond donors (Lipinski definition) is 0. The Morgan fingerprint density at radius 1 is 1.47 bits per heavy atom. The average molecular weight is 229 g/mol. The van der Waals surface area contributed by atoms with Crippen LogP contribution < -0.4 is 0 Å². The van der Waals surface area contributed by atoms with Gasteiger partial charge in [0.15, 0.2) is 5.50 Å². The van der Waals surface area contributed by atoms with Gasteiger partial charge in [0.1, 0.15) is 5.82 Å². The predicted octanol–water partition coefficient (Wildman–Crippen LogP) is 2.24. The molecule has 1 aliphatic carbocycles. The number of fused-ring (bicyclic) bond motifs is 1. The van der Waals surface area contributed by atoms with Gasteiger partial charge in [0.25, 0.3) is 0 Å². The first-order valence-electron chi connectivity index (χ1n) is 4.31. The topological polar surface area (TPSA) is 40.1 Å². The molecule has 2 nitrogen and oxygen atoms in total. The van der Waals surface area contributed by atoms with E-state index >= 15 is 0 Å². The van der Waals surface area contributed by atoms with Gasteiger partial charge < -0.3 is 4.55 Å². The quantitative estimate of drug-likeness (QED) is 0.729. The van der Waals surface area contributed by atoms with E-state index in [1.54, 1.807) is 6.08 Å². The molecule has 1 aromatic carbocycles. The Kier molecular flexibility index (Phi) is 2.67. The van der Waals surface area contributed by atoms with E-state index in [2.05, 4.69) is 0 Å². The van der Waals surface area contributed by atoms with Gasteiger partial charge in [-0.15, -0.1) is 0 Å². The number of allylic oxidation sites excluding steroid dienone is 1. The second-order valence-electron chi connectivity index (χ2n) is 3.21. The zero-order chi connectivity index (χ0) is 11.0. The third kappa shape index (κ3) is 1.72. The van der Waals surface area contributed by atoms with Crippen molar-refractivity contribution in [3.63, 3.8) is 0 Å². The molecule has 5 heteroatoms. The van der Waals surface area contributed by atoms with E-state index in [1.165, 1.54) is 12.1 Å². The predicted molar refractivity (Wildman–Crippen MR) is 51.9 cm³/mol. The van der Waals surface area contributed by atoms with Crippen molar-refractivity contribution in [3.8, 4) is 0 Å². The summed E-state index contributed by atoms with van der Waals surface area (Å²) >= 11 is -2.83. The van der Waals surface area contributed by atoms with Gasteiger partial charge in [-0.2, -0.15) is 0 Å². The summed E-state index contributed by atoms with van der Waals surface area (Å²) in [6, 6.07) is 2.27. The van der Waals surface area contributed by atoms with E-state index in [0.29, 0.717) is 17.5 Å². The first-order valence-corrected chi connectivity index (χ1v) is 5.45. The maximum atomic E-state index is 13.3. The number of hydrogen-bond acceptors (Lipinski definition) is 2. The minimum absolute atomic E-state index is 0.0322. The maximum Gasteiger partial charge on any atom is 0.187 e. The van der Waals surface area contributed by atoms with Crippen LogP contribution in [0.1, 0.15) is 22.2 Å². The normalized spacial score (nSPS) is 17.5. The lowest BCUT2D eigenvalue weighted by Crippen LogP contribution is -2.04. The lowest BCUT2D eigenvalue weighted by Gasteiger charge is -2.15. The summed E-state index contributed by atoms with van der Waals surface area (Å²) < 4.78 is 47.5. The minimum atomic E-state index is -2.83. The van der Waals surface area contributed by atoms with Gasteiger partial charge in [0, 0.05) is 11.1 Å². The Morgan fingerprint density at radius 3 is 2.87 bits per heavy atom. The monoisotopic (exact) mass is 229 g/mol. The van der Waals surface area contributed by atoms with E-state index in [1.807, 2.05) is 0 Å². The Bertz CT molecular complexity index is 457. The largest absolute Gasteiger partial charge is 0.770 e. The molecule has 80 valence electrons. The molecule has 0 N–H and O–H groups in total. The molecule has 0 aliphatic heterocycles. The van der Waals surface area contributed by atoms with Gasteiger partial charge in [0.2, 0.25) is 0 Å². The molecule has 0 saturated carbocycles. The second-order valence-corrected chi connectivity index (χ2v) is 4.15. The highest BCUT2D eigenvalue weighted by Crippen LogP contribution is 2.32. The van der Waals surface area contributed by atoms with Crippen molar-refractivity contribution in [3.05, 3.63) is 40.7 Å². The fourth-order valence-electron chi connectivity index (χ4n) is 1.67. The fourth-order valence-corrected chi connectivity index (χ4v) is 2.10. The Labute approximate surface area is 87.9 Å². The van der Waals surface area contributed by atoms with E-state index in [0.717, 1.165) is 6.07 Å².